The minimum Gasteiger partial charge on any atom is -0.507 e. The summed E-state index contributed by atoms with van der Waals surface area (Å²) in [4.78, 5) is 15.7. The van der Waals surface area contributed by atoms with Crippen LogP contribution in [0.5, 0.6) is 11.5 Å². The van der Waals surface area contributed by atoms with E-state index in [1.165, 1.54) is 19.4 Å². The van der Waals surface area contributed by atoms with Gasteiger partial charge in [-0.1, -0.05) is 25.6 Å². The number of hydrogen-bond acceptors (Lipinski definition) is 9. The van der Waals surface area contributed by atoms with Crippen LogP contribution in [-0.4, -0.2) is 51.9 Å². The number of ether oxygens (including phenoxy) is 2. The number of anilines is 1. The molecule has 2 aromatic rings. The van der Waals surface area contributed by atoms with Crippen molar-refractivity contribution in [3.8, 4) is 11.5 Å². The van der Waals surface area contributed by atoms with E-state index in [-0.39, 0.29) is 17.5 Å². The highest BCUT2D eigenvalue weighted by atomic mass is 32.2. The van der Waals surface area contributed by atoms with Gasteiger partial charge < -0.3 is 14.6 Å². The lowest BCUT2D eigenvalue weighted by molar-refractivity contribution is -0.141. The maximum Gasteiger partial charge on any atom is 0.316 e. The van der Waals surface area contributed by atoms with Crippen LogP contribution in [0.1, 0.15) is 19.4 Å². The van der Waals surface area contributed by atoms with Crippen LogP contribution in [0.2, 0.25) is 0 Å². The van der Waals surface area contributed by atoms with Crippen LogP contribution in [-0.2, 0) is 9.53 Å². The number of carbonyl (C=O) groups is 1. The lowest BCUT2D eigenvalue weighted by Gasteiger charge is -2.05. The Balaban J connectivity index is 1.84. The molecule has 9 nitrogen and oxygen atoms in total. The van der Waals surface area contributed by atoms with E-state index < -0.39 is 0 Å². The van der Waals surface area contributed by atoms with Crippen molar-refractivity contribution in [1.29, 1.82) is 0 Å². The van der Waals surface area contributed by atoms with E-state index in [2.05, 4.69) is 25.7 Å². The quantitative estimate of drug-likeness (QED) is 0.262. The molecular weight excluding hydrogens is 358 g/mol. The summed E-state index contributed by atoms with van der Waals surface area (Å²) in [5.74, 6) is 1.10. The first kappa shape index (κ1) is 19.6. The lowest BCUT2D eigenvalue weighted by atomic mass is 10.2. The van der Waals surface area contributed by atoms with Gasteiger partial charge in [0.25, 0.3) is 0 Å². The lowest BCUT2D eigenvalue weighted by Crippen LogP contribution is -2.11. The first-order valence-corrected chi connectivity index (χ1v) is 8.83. The van der Waals surface area contributed by atoms with Crippen LogP contribution < -0.4 is 10.2 Å². The van der Waals surface area contributed by atoms with Gasteiger partial charge in [-0.25, -0.2) is 10.5 Å². The number of hydrazone groups is 1. The summed E-state index contributed by atoms with van der Waals surface area (Å²) in [7, 11) is 1.54. The molecule has 0 saturated heterocycles. The number of carbonyl (C=O) groups excluding carboxylic acids is 1. The molecule has 0 amide bonds. The highest BCUT2D eigenvalue weighted by Crippen LogP contribution is 2.21. The second-order valence-electron chi connectivity index (χ2n) is 5.63. The number of phenols is 1. The summed E-state index contributed by atoms with van der Waals surface area (Å²) < 4.78 is 10.2. The molecule has 0 unspecified atom stereocenters. The van der Waals surface area contributed by atoms with Gasteiger partial charge in [-0.3, -0.25) is 4.79 Å². The molecule has 2 rings (SSSR count). The minimum absolute atomic E-state index is 0.0741. The number of rotatable bonds is 9. The Bertz CT molecular complexity index is 763. The number of thioether (sulfide) groups is 1. The number of aromatic amines is 1. The number of methoxy groups -OCH3 is 1. The van der Waals surface area contributed by atoms with E-state index in [0.717, 1.165) is 11.8 Å². The third-order valence-electron chi connectivity index (χ3n) is 2.97. The van der Waals surface area contributed by atoms with Gasteiger partial charge in [-0.05, 0) is 24.1 Å². The van der Waals surface area contributed by atoms with Crippen LogP contribution in [0.15, 0.2) is 28.5 Å². The molecular formula is C16H21N5O4S. The van der Waals surface area contributed by atoms with Crippen molar-refractivity contribution >= 4 is 29.9 Å². The molecule has 0 spiro atoms. The molecule has 3 N–H and O–H groups in total. The summed E-state index contributed by atoms with van der Waals surface area (Å²) in [6.45, 7) is 4.34. The normalized spacial score (nSPS) is 11.1. The summed E-state index contributed by atoms with van der Waals surface area (Å²) >= 11 is 1.16. The van der Waals surface area contributed by atoms with Crippen LogP contribution in [0.25, 0.3) is 0 Å². The van der Waals surface area contributed by atoms with Crippen molar-refractivity contribution in [1.82, 2.24) is 15.2 Å². The number of phenolic OH excluding ortho intramolecular Hbond substituents is 1. The first-order valence-electron chi connectivity index (χ1n) is 7.85. The van der Waals surface area contributed by atoms with Crippen molar-refractivity contribution in [2.75, 3.05) is 24.9 Å². The monoisotopic (exact) mass is 379 g/mol. The van der Waals surface area contributed by atoms with Gasteiger partial charge in [0.1, 0.15) is 11.5 Å². The third-order valence-corrected chi connectivity index (χ3v) is 3.79. The zero-order valence-electron chi connectivity index (χ0n) is 14.7. The molecule has 0 bridgehead atoms. The molecule has 0 aliphatic rings. The molecule has 0 aliphatic carbocycles. The van der Waals surface area contributed by atoms with Crippen LogP contribution in [0.4, 0.5) is 5.95 Å². The molecule has 0 saturated carbocycles. The number of hydrogen-bond donors (Lipinski definition) is 3. The SMILES string of the molecule is COc1ccc(O)c(/C=N/Nc2nc(SCC(=O)OCC(C)C)n[nH]2)c1. The van der Waals surface area contributed by atoms with Gasteiger partial charge in [-0.15, -0.1) is 5.10 Å². The maximum atomic E-state index is 11.6. The van der Waals surface area contributed by atoms with Crippen LogP contribution in [0, 0.1) is 5.92 Å². The number of nitrogens with one attached hydrogen (secondary N) is 2. The molecule has 10 heteroatoms. The van der Waals surface area contributed by atoms with E-state index in [1.807, 2.05) is 13.8 Å². The van der Waals surface area contributed by atoms with Crippen molar-refractivity contribution in [2.24, 2.45) is 11.0 Å². The summed E-state index contributed by atoms with van der Waals surface area (Å²) in [5.41, 5.74) is 3.15. The highest BCUT2D eigenvalue weighted by molar-refractivity contribution is 7.99. The van der Waals surface area contributed by atoms with E-state index >= 15 is 0 Å². The van der Waals surface area contributed by atoms with Gasteiger partial charge in [0.2, 0.25) is 11.1 Å². The van der Waals surface area contributed by atoms with E-state index in [9.17, 15) is 9.90 Å². The Morgan fingerprint density at radius 2 is 2.31 bits per heavy atom. The van der Waals surface area contributed by atoms with E-state index in [0.29, 0.717) is 34.9 Å². The summed E-state index contributed by atoms with van der Waals surface area (Å²) in [6, 6.07) is 4.80. The van der Waals surface area contributed by atoms with Gasteiger partial charge in [0.15, 0.2) is 0 Å². The van der Waals surface area contributed by atoms with Crippen LogP contribution >= 0.6 is 11.8 Å². The Hall–Kier alpha value is -2.75. The second-order valence-corrected chi connectivity index (χ2v) is 6.57. The summed E-state index contributed by atoms with van der Waals surface area (Å²) in [6.07, 6.45) is 1.43. The molecule has 1 heterocycles. The second kappa shape index (κ2) is 9.66. The number of nitrogens with zero attached hydrogens (tertiary/aromatic N) is 3. The number of H-pyrrole nitrogens is 1. The van der Waals surface area contributed by atoms with E-state index in [4.69, 9.17) is 9.47 Å². The number of esters is 1. The third kappa shape index (κ3) is 6.28. The standard InChI is InChI=1S/C16H21N5O4S/c1-10(2)8-25-14(23)9-26-16-18-15(20-21-16)19-17-7-11-6-12(24-3)4-5-13(11)22/h4-7,10,22H,8-9H2,1-3H3,(H2,18,19,20,21)/b17-7+. The van der Waals surface area contributed by atoms with Gasteiger partial charge in [0, 0.05) is 5.56 Å². The zero-order chi connectivity index (χ0) is 18.9. The number of aromatic nitrogens is 3. The highest BCUT2D eigenvalue weighted by Gasteiger charge is 2.09. The molecule has 26 heavy (non-hydrogen) atoms. The fourth-order valence-electron chi connectivity index (χ4n) is 1.71. The Kier molecular flexibility index (Phi) is 7.27. The molecule has 1 aromatic heterocycles. The average Bonchev–Trinajstić information content (AvgIpc) is 3.07. The molecule has 140 valence electrons. The molecule has 0 fully saturated rings. The van der Waals surface area contributed by atoms with Crippen molar-refractivity contribution in [2.45, 2.75) is 19.0 Å². The number of aromatic hydroxyl groups is 1. The minimum atomic E-state index is -0.311. The fourth-order valence-corrected chi connectivity index (χ4v) is 2.31. The van der Waals surface area contributed by atoms with Gasteiger partial charge >= 0.3 is 5.97 Å². The molecule has 0 atom stereocenters. The summed E-state index contributed by atoms with van der Waals surface area (Å²) in [5, 5.41) is 20.8. The fraction of sp³-hybridized carbons (Fsp3) is 0.375. The molecule has 0 aliphatic heterocycles. The largest absolute Gasteiger partial charge is 0.507 e. The van der Waals surface area contributed by atoms with E-state index in [1.54, 1.807) is 12.1 Å². The Morgan fingerprint density at radius 3 is 3.04 bits per heavy atom. The Labute approximate surface area is 155 Å². The van der Waals surface area contributed by atoms with Crippen LogP contribution in [0.3, 0.4) is 0 Å². The Morgan fingerprint density at radius 1 is 1.50 bits per heavy atom. The number of benzene rings is 1. The first-order chi connectivity index (χ1) is 12.5. The van der Waals surface area contributed by atoms with Gasteiger partial charge in [0.05, 0.1) is 25.7 Å². The smallest absolute Gasteiger partial charge is 0.316 e. The average molecular weight is 379 g/mol. The van der Waals surface area contributed by atoms with Crippen molar-refractivity contribution in [3.05, 3.63) is 23.8 Å². The predicted molar refractivity (Wildman–Crippen MR) is 98.8 cm³/mol. The van der Waals surface area contributed by atoms with Crippen molar-refractivity contribution < 1.29 is 19.4 Å². The van der Waals surface area contributed by atoms with Gasteiger partial charge in [-0.2, -0.15) is 10.1 Å². The zero-order valence-corrected chi connectivity index (χ0v) is 15.5. The topological polar surface area (TPSA) is 122 Å². The maximum absolute atomic E-state index is 11.6. The van der Waals surface area contributed by atoms with Crippen molar-refractivity contribution in [3.63, 3.8) is 0 Å². The molecule has 0 radical (unpaired) electrons. The molecule has 1 aromatic carbocycles. The predicted octanol–water partition coefficient (Wildman–Crippen LogP) is 2.26.